The molecular formula is C8H15NO3. The van der Waals surface area contributed by atoms with Gasteiger partial charge in [0.1, 0.15) is 0 Å². The van der Waals surface area contributed by atoms with Crippen LogP contribution in [0.1, 0.15) is 13.8 Å². The number of rotatable bonds is 4. The topological polar surface area (TPSA) is 69.6 Å². The molecule has 1 amide bonds. The van der Waals surface area contributed by atoms with Crippen molar-refractivity contribution >= 4 is 5.91 Å². The Morgan fingerprint density at radius 2 is 2.25 bits per heavy atom. The van der Waals surface area contributed by atoms with Crippen molar-refractivity contribution in [3.8, 4) is 0 Å². The van der Waals surface area contributed by atoms with Crippen LogP contribution in [-0.2, 0) is 4.79 Å². The predicted octanol–water partition coefficient (Wildman–Crippen LogP) is -0.580. The largest absolute Gasteiger partial charge is 0.394 e. The van der Waals surface area contributed by atoms with Gasteiger partial charge in [-0.3, -0.25) is 4.79 Å². The summed E-state index contributed by atoms with van der Waals surface area (Å²) < 4.78 is 0. The molecule has 12 heavy (non-hydrogen) atoms. The fraction of sp³-hybridized carbons (Fsp3) is 0.625. The Hall–Kier alpha value is -0.870. The molecule has 0 bridgehead atoms. The molecule has 0 aliphatic carbocycles. The Morgan fingerprint density at radius 3 is 2.58 bits per heavy atom. The maximum Gasteiger partial charge on any atom is 0.217 e. The minimum Gasteiger partial charge on any atom is -0.394 e. The van der Waals surface area contributed by atoms with Gasteiger partial charge in [-0.05, 0) is 6.92 Å². The van der Waals surface area contributed by atoms with E-state index < -0.39 is 12.1 Å². The summed E-state index contributed by atoms with van der Waals surface area (Å²) in [6, 6.07) is -0.612. The number of amides is 1. The van der Waals surface area contributed by atoms with Gasteiger partial charge in [0, 0.05) is 6.92 Å². The average Bonchev–Trinajstić information content (AvgIpc) is 2.00. The first kappa shape index (κ1) is 11.1. The summed E-state index contributed by atoms with van der Waals surface area (Å²) in [6.07, 6.45) is 2.34. The Labute approximate surface area is 71.9 Å². The molecule has 4 heteroatoms. The Balaban J connectivity index is 4.04. The highest BCUT2D eigenvalue weighted by molar-refractivity contribution is 5.73. The first-order chi connectivity index (χ1) is 5.61. The van der Waals surface area contributed by atoms with E-state index in [1.165, 1.54) is 13.0 Å². The minimum atomic E-state index is -0.830. The Morgan fingerprint density at radius 1 is 1.67 bits per heavy atom. The molecule has 70 valence electrons. The van der Waals surface area contributed by atoms with Gasteiger partial charge in [0.05, 0.1) is 18.8 Å². The van der Waals surface area contributed by atoms with Gasteiger partial charge in [-0.1, -0.05) is 12.2 Å². The van der Waals surface area contributed by atoms with Gasteiger partial charge in [-0.25, -0.2) is 0 Å². The highest BCUT2D eigenvalue weighted by Crippen LogP contribution is 1.94. The van der Waals surface area contributed by atoms with Crippen LogP contribution in [0, 0.1) is 0 Å². The van der Waals surface area contributed by atoms with E-state index in [0.717, 1.165) is 0 Å². The molecule has 0 saturated heterocycles. The molecule has 4 nitrogen and oxygen atoms in total. The second-order valence-corrected chi connectivity index (χ2v) is 2.51. The van der Waals surface area contributed by atoms with E-state index >= 15 is 0 Å². The van der Waals surface area contributed by atoms with Gasteiger partial charge >= 0.3 is 0 Å². The van der Waals surface area contributed by atoms with Gasteiger partial charge in [-0.2, -0.15) is 0 Å². The summed E-state index contributed by atoms with van der Waals surface area (Å²) in [7, 11) is 0. The first-order valence-electron chi connectivity index (χ1n) is 3.80. The van der Waals surface area contributed by atoms with Crippen LogP contribution >= 0.6 is 0 Å². The van der Waals surface area contributed by atoms with Gasteiger partial charge in [-0.15, -0.1) is 0 Å². The monoisotopic (exact) mass is 173 g/mol. The Bertz CT molecular complexity index is 168. The number of nitrogens with one attached hydrogen (secondary N) is 1. The first-order valence-corrected chi connectivity index (χ1v) is 3.80. The number of hydrogen-bond acceptors (Lipinski definition) is 3. The van der Waals surface area contributed by atoms with Crippen LogP contribution in [0.2, 0.25) is 0 Å². The van der Waals surface area contributed by atoms with Crippen molar-refractivity contribution in [1.82, 2.24) is 5.32 Å². The summed E-state index contributed by atoms with van der Waals surface area (Å²) in [4.78, 5) is 10.6. The van der Waals surface area contributed by atoms with E-state index in [4.69, 9.17) is 5.11 Å². The van der Waals surface area contributed by atoms with Crippen molar-refractivity contribution in [2.24, 2.45) is 0 Å². The van der Waals surface area contributed by atoms with E-state index in [2.05, 4.69) is 5.32 Å². The maximum atomic E-state index is 10.6. The van der Waals surface area contributed by atoms with Gasteiger partial charge in [0.2, 0.25) is 5.91 Å². The van der Waals surface area contributed by atoms with Crippen LogP contribution < -0.4 is 5.32 Å². The molecule has 0 unspecified atom stereocenters. The molecule has 2 atom stereocenters. The van der Waals surface area contributed by atoms with Crippen LogP contribution in [0.3, 0.4) is 0 Å². The van der Waals surface area contributed by atoms with Crippen molar-refractivity contribution in [2.75, 3.05) is 6.61 Å². The van der Waals surface area contributed by atoms with E-state index in [0.29, 0.717) is 0 Å². The summed E-state index contributed by atoms with van der Waals surface area (Å²) >= 11 is 0. The predicted molar refractivity (Wildman–Crippen MR) is 45.5 cm³/mol. The van der Waals surface area contributed by atoms with E-state index in [-0.39, 0.29) is 12.5 Å². The summed E-state index contributed by atoms with van der Waals surface area (Å²) in [6.45, 7) is 2.82. The standard InChI is InChI=1S/C8H15NO3/c1-3-4-8(12)7(5-10)9-6(2)11/h3-4,7-8,10,12H,5H2,1-2H3,(H,9,11)/b4-3+/t7-,8-/m0/s1. The van der Waals surface area contributed by atoms with Crippen molar-refractivity contribution in [2.45, 2.75) is 26.0 Å². The summed E-state index contributed by atoms with van der Waals surface area (Å²) in [5, 5.41) is 20.5. The fourth-order valence-electron chi connectivity index (χ4n) is 0.831. The van der Waals surface area contributed by atoms with Crippen LogP contribution in [0.5, 0.6) is 0 Å². The van der Waals surface area contributed by atoms with E-state index in [9.17, 15) is 9.90 Å². The zero-order chi connectivity index (χ0) is 9.56. The molecule has 0 rings (SSSR count). The SMILES string of the molecule is C/C=C/[C@H](O)[C@H](CO)NC(C)=O. The van der Waals surface area contributed by atoms with Crippen molar-refractivity contribution in [3.63, 3.8) is 0 Å². The number of aliphatic hydroxyl groups is 2. The van der Waals surface area contributed by atoms with Gasteiger partial charge in [0.15, 0.2) is 0 Å². The molecular weight excluding hydrogens is 158 g/mol. The maximum absolute atomic E-state index is 10.6. The molecule has 0 aromatic rings. The highest BCUT2D eigenvalue weighted by atomic mass is 16.3. The molecule has 0 heterocycles. The third-order valence-corrected chi connectivity index (χ3v) is 1.39. The molecule has 0 aliphatic rings. The van der Waals surface area contributed by atoms with Crippen LogP contribution in [0.15, 0.2) is 12.2 Å². The molecule has 0 saturated carbocycles. The lowest BCUT2D eigenvalue weighted by atomic mass is 10.1. The molecule has 0 aromatic heterocycles. The number of carbonyl (C=O) groups is 1. The van der Waals surface area contributed by atoms with Gasteiger partial charge in [0.25, 0.3) is 0 Å². The second-order valence-electron chi connectivity index (χ2n) is 2.51. The normalized spacial score (nSPS) is 16.0. The number of carbonyl (C=O) groups excluding carboxylic acids is 1. The minimum absolute atomic E-state index is 0.266. The van der Waals surface area contributed by atoms with Crippen molar-refractivity contribution in [1.29, 1.82) is 0 Å². The molecule has 0 aliphatic heterocycles. The lowest BCUT2D eigenvalue weighted by molar-refractivity contribution is -0.120. The molecule has 0 aromatic carbocycles. The third kappa shape index (κ3) is 4.10. The fourth-order valence-corrected chi connectivity index (χ4v) is 0.831. The lowest BCUT2D eigenvalue weighted by Crippen LogP contribution is -2.44. The lowest BCUT2D eigenvalue weighted by Gasteiger charge is -2.18. The number of allylic oxidation sites excluding steroid dienone is 1. The molecule has 0 fully saturated rings. The highest BCUT2D eigenvalue weighted by Gasteiger charge is 2.15. The average molecular weight is 173 g/mol. The van der Waals surface area contributed by atoms with Gasteiger partial charge < -0.3 is 15.5 Å². The summed E-state index contributed by atoms with van der Waals surface area (Å²) in [5.41, 5.74) is 0. The Kier molecular flexibility index (Phi) is 5.32. The zero-order valence-corrected chi connectivity index (χ0v) is 7.32. The van der Waals surface area contributed by atoms with Crippen LogP contribution in [-0.4, -0.2) is 34.9 Å². The van der Waals surface area contributed by atoms with Crippen molar-refractivity contribution < 1.29 is 15.0 Å². The van der Waals surface area contributed by atoms with E-state index in [1.807, 2.05) is 0 Å². The van der Waals surface area contributed by atoms with Crippen molar-refractivity contribution in [3.05, 3.63) is 12.2 Å². The molecule has 0 radical (unpaired) electrons. The number of aliphatic hydroxyl groups excluding tert-OH is 2. The van der Waals surface area contributed by atoms with Crippen LogP contribution in [0.25, 0.3) is 0 Å². The zero-order valence-electron chi connectivity index (χ0n) is 7.32. The van der Waals surface area contributed by atoms with E-state index in [1.54, 1.807) is 13.0 Å². The smallest absolute Gasteiger partial charge is 0.217 e. The van der Waals surface area contributed by atoms with Crippen LogP contribution in [0.4, 0.5) is 0 Å². The molecule has 3 N–H and O–H groups in total. The third-order valence-electron chi connectivity index (χ3n) is 1.39. The second kappa shape index (κ2) is 5.74. The number of hydrogen-bond donors (Lipinski definition) is 3. The molecule has 0 spiro atoms. The quantitative estimate of drug-likeness (QED) is 0.498. The summed E-state index contributed by atoms with van der Waals surface area (Å²) in [5.74, 6) is -0.266.